The molecular weight excluding hydrogens is 268 g/mol. The number of benzene rings is 1. The molecule has 2 N–H and O–H groups in total. The van der Waals surface area contributed by atoms with Gasteiger partial charge in [0.05, 0.1) is 13.2 Å². The van der Waals surface area contributed by atoms with E-state index in [1.807, 2.05) is 30.3 Å². The van der Waals surface area contributed by atoms with Crippen LogP contribution in [0, 0.1) is 0 Å². The molecule has 0 radical (unpaired) electrons. The maximum absolute atomic E-state index is 11.5. The van der Waals surface area contributed by atoms with Crippen LogP contribution in [0.15, 0.2) is 30.3 Å². The van der Waals surface area contributed by atoms with E-state index in [0.717, 1.165) is 18.7 Å². The summed E-state index contributed by atoms with van der Waals surface area (Å²) in [7, 11) is 0. The summed E-state index contributed by atoms with van der Waals surface area (Å²) in [6, 6.07) is 9.77. The van der Waals surface area contributed by atoms with Crippen molar-refractivity contribution in [3.05, 3.63) is 35.9 Å². The topological polar surface area (TPSA) is 59.6 Å². The fourth-order valence-corrected chi connectivity index (χ4v) is 1.73. The quantitative estimate of drug-likeness (QED) is 0.876. The molecule has 1 atom stereocenters. The van der Waals surface area contributed by atoms with Gasteiger partial charge in [0, 0.05) is 19.1 Å². The van der Waals surface area contributed by atoms with Gasteiger partial charge in [-0.3, -0.25) is 0 Å². The predicted octanol–water partition coefficient (Wildman–Crippen LogP) is 1.32. The number of amides is 1. The summed E-state index contributed by atoms with van der Waals surface area (Å²) in [6.07, 6.45) is -0.397. The highest BCUT2D eigenvalue weighted by molar-refractivity contribution is 5.85. The van der Waals surface area contributed by atoms with E-state index < -0.39 is 6.09 Å². The van der Waals surface area contributed by atoms with Gasteiger partial charge < -0.3 is 20.1 Å². The molecule has 1 aromatic rings. The van der Waals surface area contributed by atoms with E-state index in [1.165, 1.54) is 0 Å². The van der Waals surface area contributed by atoms with Gasteiger partial charge in [-0.15, -0.1) is 12.4 Å². The third-order valence-electron chi connectivity index (χ3n) is 2.70. The third kappa shape index (κ3) is 5.92. The number of rotatable bonds is 4. The molecule has 1 amide bonds. The van der Waals surface area contributed by atoms with Crippen LogP contribution in [0.3, 0.4) is 0 Å². The van der Waals surface area contributed by atoms with Gasteiger partial charge in [0.1, 0.15) is 6.61 Å². The number of morpholine rings is 1. The number of ether oxygens (including phenoxy) is 2. The summed E-state index contributed by atoms with van der Waals surface area (Å²) in [5.74, 6) is 0. The normalized spacial score (nSPS) is 18.2. The average Bonchev–Trinajstić information content (AvgIpc) is 2.45. The molecule has 0 aliphatic carbocycles. The second-order valence-electron chi connectivity index (χ2n) is 4.17. The zero-order valence-electron chi connectivity index (χ0n) is 10.6. The van der Waals surface area contributed by atoms with Crippen LogP contribution in [0.5, 0.6) is 0 Å². The first-order valence-electron chi connectivity index (χ1n) is 6.10. The second kappa shape index (κ2) is 8.74. The molecule has 6 heteroatoms. The lowest BCUT2D eigenvalue weighted by Gasteiger charge is -2.23. The summed E-state index contributed by atoms with van der Waals surface area (Å²) in [6.45, 7) is 2.99. The third-order valence-corrected chi connectivity index (χ3v) is 2.70. The van der Waals surface area contributed by atoms with Crippen molar-refractivity contribution in [1.29, 1.82) is 0 Å². The molecule has 1 fully saturated rings. The summed E-state index contributed by atoms with van der Waals surface area (Å²) in [5, 5.41) is 5.97. The lowest BCUT2D eigenvalue weighted by molar-refractivity contribution is 0.0749. The average molecular weight is 287 g/mol. The van der Waals surface area contributed by atoms with Gasteiger partial charge >= 0.3 is 6.09 Å². The van der Waals surface area contributed by atoms with Crippen LogP contribution >= 0.6 is 12.4 Å². The monoisotopic (exact) mass is 286 g/mol. The van der Waals surface area contributed by atoms with Crippen molar-refractivity contribution in [3.8, 4) is 0 Å². The number of hydrogen-bond acceptors (Lipinski definition) is 4. The van der Waals surface area contributed by atoms with Crippen LogP contribution in [0.4, 0.5) is 4.79 Å². The summed E-state index contributed by atoms with van der Waals surface area (Å²) in [4.78, 5) is 11.5. The maximum atomic E-state index is 11.5. The van der Waals surface area contributed by atoms with Crippen molar-refractivity contribution in [2.75, 3.05) is 26.3 Å². The highest BCUT2D eigenvalue weighted by Crippen LogP contribution is 2.00. The first-order valence-corrected chi connectivity index (χ1v) is 6.10. The van der Waals surface area contributed by atoms with Crippen molar-refractivity contribution in [1.82, 2.24) is 10.6 Å². The Morgan fingerprint density at radius 2 is 2.21 bits per heavy atom. The summed E-state index contributed by atoms with van der Waals surface area (Å²) < 4.78 is 10.4. The molecule has 2 rings (SSSR count). The summed E-state index contributed by atoms with van der Waals surface area (Å²) in [5.41, 5.74) is 0.978. The molecule has 1 unspecified atom stereocenters. The highest BCUT2D eigenvalue weighted by atomic mass is 35.5. The SMILES string of the molecule is Cl.O=C(NCC1COCCN1)OCc1ccccc1. The number of hydrogen-bond donors (Lipinski definition) is 2. The Hall–Kier alpha value is -1.30. The van der Waals surface area contributed by atoms with Gasteiger partial charge in [-0.2, -0.15) is 0 Å². The van der Waals surface area contributed by atoms with Crippen molar-refractivity contribution in [3.63, 3.8) is 0 Å². The van der Waals surface area contributed by atoms with Gasteiger partial charge in [0.2, 0.25) is 0 Å². The van der Waals surface area contributed by atoms with E-state index in [4.69, 9.17) is 9.47 Å². The molecule has 5 nitrogen and oxygen atoms in total. The largest absolute Gasteiger partial charge is 0.445 e. The first kappa shape index (κ1) is 15.8. The van der Waals surface area contributed by atoms with Crippen LogP contribution in [0.1, 0.15) is 5.56 Å². The number of alkyl carbamates (subject to hydrolysis) is 1. The molecule has 1 aliphatic heterocycles. The molecule has 0 spiro atoms. The standard InChI is InChI=1S/C13H18N2O3.ClH/c16-13(15-8-12-10-17-7-6-14-12)18-9-11-4-2-1-3-5-11;/h1-5,12,14H,6-10H2,(H,15,16);1H. The highest BCUT2D eigenvalue weighted by Gasteiger charge is 2.14. The Morgan fingerprint density at radius 3 is 2.89 bits per heavy atom. The Kier molecular flexibility index (Phi) is 7.25. The first-order chi connectivity index (χ1) is 8.84. The minimum Gasteiger partial charge on any atom is -0.445 e. The summed E-state index contributed by atoms with van der Waals surface area (Å²) >= 11 is 0. The molecule has 1 aromatic carbocycles. The fraction of sp³-hybridized carbons (Fsp3) is 0.462. The fourth-order valence-electron chi connectivity index (χ4n) is 1.73. The molecular formula is C13H19ClN2O3. The predicted molar refractivity (Wildman–Crippen MR) is 74.5 cm³/mol. The Labute approximate surface area is 119 Å². The van der Waals surface area contributed by atoms with E-state index in [1.54, 1.807) is 0 Å². The Balaban J connectivity index is 0.00000180. The van der Waals surface area contributed by atoms with Crippen molar-refractivity contribution >= 4 is 18.5 Å². The van der Waals surface area contributed by atoms with Gasteiger partial charge in [0.15, 0.2) is 0 Å². The molecule has 19 heavy (non-hydrogen) atoms. The van der Waals surface area contributed by atoms with E-state index in [0.29, 0.717) is 19.8 Å². The maximum Gasteiger partial charge on any atom is 0.407 e. The van der Waals surface area contributed by atoms with Crippen LogP contribution in [-0.2, 0) is 16.1 Å². The molecule has 1 aliphatic rings. The van der Waals surface area contributed by atoms with Gasteiger partial charge in [-0.1, -0.05) is 30.3 Å². The number of halogens is 1. The molecule has 1 saturated heterocycles. The Morgan fingerprint density at radius 1 is 1.42 bits per heavy atom. The van der Waals surface area contributed by atoms with Gasteiger partial charge in [-0.25, -0.2) is 4.79 Å². The number of carbonyl (C=O) groups excluding carboxylic acids is 1. The van der Waals surface area contributed by atoms with Crippen LogP contribution in [0.25, 0.3) is 0 Å². The number of nitrogens with one attached hydrogen (secondary N) is 2. The molecule has 0 aromatic heterocycles. The van der Waals surface area contributed by atoms with Crippen molar-refractivity contribution < 1.29 is 14.3 Å². The van der Waals surface area contributed by atoms with E-state index in [-0.39, 0.29) is 18.4 Å². The minimum atomic E-state index is -0.397. The molecule has 0 bridgehead atoms. The molecule has 0 saturated carbocycles. The van der Waals surface area contributed by atoms with E-state index >= 15 is 0 Å². The van der Waals surface area contributed by atoms with Crippen LogP contribution < -0.4 is 10.6 Å². The zero-order chi connectivity index (χ0) is 12.6. The van der Waals surface area contributed by atoms with Crippen LogP contribution in [-0.4, -0.2) is 38.4 Å². The van der Waals surface area contributed by atoms with Gasteiger partial charge in [0.25, 0.3) is 0 Å². The minimum absolute atomic E-state index is 0. The smallest absolute Gasteiger partial charge is 0.407 e. The number of carbonyl (C=O) groups is 1. The zero-order valence-corrected chi connectivity index (χ0v) is 11.4. The lowest BCUT2D eigenvalue weighted by atomic mass is 10.2. The van der Waals surface area contributed by atoms with E-state index in [9.17, 15) is 4.79 Å². The van der Waals surface area contributed by atoms with Gasteiger partial charge in [-0.05, 0) is 5.56 Å². The second-order valence-corrected chi connectivity index (χ2v) is 4.17. The van der Waals surface area contributed by atoms with E-state index in [2.05, 4.69) is 10.6 Å². The Bertz CT molecular complexity index is 369. The molecule has 106 valence electrons. The lowest BCUT2D eigenvalue weighted by Crippen LogP contribution is -2.48. The van der Waals surface area contributed by atoms with Crippen LogP contribution in [0.2, 0.25) is 0 Å². The molecule has 1 heterocycles. The van der Waals surface area contributed by atoms with Crippen molar-refractivity contribution in [2.24, 2.45) is 0 Å². The van der Waals surface area contributed by atoms with Crippen molar-refractivity contribution in [2.45, 2.75) is 12.6 Å².